The zero-order valence-electron chi connectivity index (χ0n) is 18.7. The fraction of sp³-hybridized carbons (Fsp3) is 0.429. The van der Waals surface area contributed by atoms with E-state index in [-0.39, 0.29) is 0 Å². The Kier molecular flexibility index (Phi) is 8.62. The maximum absolute atomic E-state index is 10.8. The van der Waals surface area contributed by atoms with Crippen molar-refractivity contribution in [3.63, 3.8) is 0 Å². The van der Waals surface area contributed by atoms with Gasteiger partial charge in [-0.15, -0.1) is 0 Å². The molecule has 2 nitrogen and oxygen atoms in total. The Morgan fingerprint density at radius 3 is 2.00 bits per heavy atom. The number of hydrogen-bond acceptors (Lipinski definition) is 0. The van der Waals surface area contributed by atoms with E-state index in [1.807, 2.05) is 12.2 Å². The van der Waals surface area contributed by atoms with Gasteiger partial charge in [-0.1, -0.05) is 76.6 Å². The van der Waals surface area contributed by atoms with Crippen molar-refractivity contribution in [1.29, 1.82) is 0 Å². The molecule has 30 heavy (non-hydrogen) atoms. The lowest BCUT2D eigenvalue weighted by molar-refractivity contribution is -0.344. The van der Waals surface area contributed by atoms with Gasteiger partial charge in [-0.05, 0) is 61.1 Å². The van der Waals surface area contributed by atoms with Gasteiger partial charge in [-0.25, -0.2) is 4.70 Å². The van der Waals surface area contributed by atoms with Gasteiger partial charge in [0.1, 0.15) is 0 Å². The normalized spacial score (nSPS) is 13.5. The van der Waals surface area contributed by atoms with Crippen molar-refractivity contribution in [1.82, 2.24) is 0 Å². The molecule has 0 bridgehead atoms. The summed E-state index contributed by atoms with van der Waals surface area (Å²) in [5.74, 6) is 0. The summed E-state index contributed by atoms with van der Waals surface area (Å²) in [6, 6.07) is 17.2. The number of rotatable bonds is 12. The third kappa shape index (κ3) is 6.01. The minimum atomic E-state index is 0.843. The van der Waals surface area contributed by atoms with Crippen LogP contribution in [0.15, 0.2) is 60.7 Å². The van der Waals surface area contributed by atoms with Crippen LogP contribution in [0.2, 0.25) is 0 Å². The van der Waals surface area contributed by atoms with E-state index in [1.54, 1.807) is 0 Å². The number of aryl methyl sites for hydroxylation is 2. The second kappa shape index (κ2) is 11.6. The largest absolute Gasteiger partial charge is 0.493 e. The fourth-order valence-corrected chi connectivity index (χ4v) is 4.08. The molecule has 0 aliphatic carbocycles. The molecule has 0 atom stereocenters. The highest BCUT2D eigenvalue weighted by Gasteiger charge is 2.22. The molecule has 0 unspecified atom stereocenters. The summed E-state index contributed by atoms with van der Waals surface area (Å²) in [6.07, 6.45) is 16.6. The maximum atomic E-state index is 10.8. The van der Waals surface area contributed by atoms with Crippen LogP contribution in [-0.4, -0.2) is 4.70 Å². The molecule has 0 aromatic heterocycles. The quantitative estimate of drug-likeness (QED) is 0.253. The standard InChI is InChI=1S/C28H36N2/c1-3-5-7-8-9-10-13-23-16-18-25(19-17-23)27-20-21-28(30(27)29)26-15-11-14-24(22-26)12-6-4-2/h11,14-22H,3-10,12-13H2,1-2H3. The third-order valence-electron chi connectivity index (χ3n) is 5.97. The van der Waals surface area contributed by atoms with Crippen molar-refractivity contribution in [3.05, 3.63) is 88.5 Å². The van der Waals surface area contributed by atoms with Crippen LogP contribution in [0.4, 0.5) is 0 Å². The molecule has 0 saturated carbocycles. The molecule has 0 spiro atoms. The summed E-state index contributed by atoms with van der Waals surface area (Å²) < 4.78 is 1.33. The first-order valence-electron chi connectivity index (χ1n) is 11.8. The summed E-state index contributed by atoms with van der Waals surface area (Å²) in [7, 11) is 0. The molecule has 3 rings (SSSR count). The van der Waals surface area contributed by atoms with E-state index >= 15 is 0 Å². The number of hydrogen-bond donors (Lipinski definition) is 0. The van der Waals surface area contributed by atoms with Crippen LogP contribution in [0.1, 0.15) is 87.5 Å². The van der Waals surface area contributed by atoms with E-state index in [4.69, 9.17) is 0 Å². The predicted molar refractivity (Wildman–Crippen MR) is 128 cm³/mol. The predicted octanol–water partition coefficient (Wildman–Crippen LogP) is 8.36. The van der Waals surface area contributed by atoms with Crippen LogP contribution in [-0.2, 0) is 12.8 Å². The average molecular weight is 401 g/mol. The fourth-order valence-electron chi connectivity index (χ4n) is 4.08. The monoisotopic (exact) mass is 400 g/mol. The lowest BCUT2D eigenvalue weighted by Crippen LogP contribution is -2.02. The van der Waals surface area contributed by atoms with E-state index in [2.05, 4.69) is 62.4 Å². The van der Waals surface area contributed by atoms with Gasteiger partial charge in [0, 0.05) is 23.3 Å². The third-order valence-corrected chi connectivity index (χ3v) is 5.97. The molecule has 2 aromatic rings. The molecule has 1 aliphatic heterocycles. The Balaban J connectivity index is 1.56. The van der Waals surface area contributed by atoms with E-state index in [0.29, 0.717) is 0 Å². The Bertz CT molecular complexity index is 887. The van der Waals surface area contributed by atoms with Crippen LogP contribution < -0.4 is 0 Å². The molecular weight excluding hydrogens is 364 g/mol. The van der Waals surface area contributed by atoms with E-state index in [1.165, 1.54) is 67.2 Å². The molecule has 0 fully saturated rings. The zero-order valence-corrected chi connectivity index (χ0v) is 18.7. The van der Waals surface area contributed by atoms with Crippen LogP contribution in [0.3, 0.4) is 0 Å². The molecule has 0 radical (unpaired) electrons. The molecule has 158 valence electrons. The summed E-state index contributed by atoms with van der Waals surface area (Å²) in [4.78, 5) is 0. The van der Waals surface area contributed by atoms with Gasteiger partial charge in [-0.3, -0.25) is 0 Å². The number of nitrogens with zero attached hydrogens (tertiary/aromatic N) is 2. The van der Waals surface area contributed by atoms with Gasteiger partial charge in [0.05, 0.1) is 0 Å². The first-order valence-corrected chi connectivity index (χ1v) is 11.8. The Hall–Kier alpha value is -2.48. The number of benzene rings is 2. The van der Waals surface area contributed by atoms with Crippen molar-refractivity contribution in [3.8, 4) is 0 Å². The second-order valence-electron chi connectivity index (χ2n) is 8.43. The Morgan fingerprint density at radius 1 is 0.633 bits per heavy atom. The van der Waals surface area contributed by atoms with Crippen molar-refractivity contribution in [2.45, 2.75) is 78.1 Å². The van der Waals surface area contributed by atoms with Gasteiger partial charge in [-0.2, -0.15) is 0 Å². The number of allylic oxidation sites excluding steroid dienone is 2. The van der Waals surface area contributed by atoms with Crippen molar-refractivity contribution < 1.29 is 4.70 Å². The smallest absolute Gasteiger partial charge is 0.207 e. The molecule has 1 heterocycles. The van der Waals surface area contributed by atoms with Crippen LogP contribution in [0.5, 0.6) is 0 Å². The molecule has 1 aliphatic rings. The number of unbranched alkanes of at least 4 members (excludes halogenated alkanes) is 6. The first kappa shape index (κ1) is 22.2. The van der Waals surface area contributed by atoms with Gasteiger partial charge in [0.2, 0.25) is 11.4 Å². The van der Waals surface area contributed by atoms with Crippen LogP contribution in [0, 0.1) is 0 Å². The molecule has 0 saturated heterocycles. The lowest BCUT2D eigenvalue weighted by Gasteiger charge is -2.10. The van der Waals surface area contributed by atoms with Gasteiger partial charge in [0.15, 0.2) is 0 Å². The topological polar surface area (TPSA) is 25.3 Å². The highest BCUT2D eigenvalue weighted by atomic mass is 15.2. The lowest BCUT2D eigenvalue weighted by atomic mass is 10.0. The highest BCUT2D eigenvalue weighted by Crippen LogP contribution is 2.31. The minimum absolute atomic E-state index is 0.843. The summed E-state index contributed by atoms with van der Waals surface area (Å²) in [5, 5.41) is 0. The van der Waals surface area contributed by atoms with Crippen molar-refractivity contribution in [2.24, 2.45) is 0 Å². The van der Waals surface area contributed by atoms with Gasteiger partial charge >= 0.3 is 0 Å². The van der Waals surface area contributed by atoms with E-state index in [0.717, 1.165) is 35.4 Å². The van der Waals surface area contributed by atoms with Crippen molar-refractivity contribution >= 4 is 11.4 Å². The Morgan fingerprint density at radius 2 is 1.27 bits per heavy atom. The first-order chi connectivity index (χ1) is 14.7. The second-order valence-corrected chi connectivity index (χ2v) is 8.43. The summed E-state index contributed by atoms with van der Waals surface area (Å²) in [5.41, 5.74) is 17.4. The SMILES string of the molecule is CCCCCCCCc1ccc(C2=CC=C(c3cccc(CCCC)c3)[N+]2=[N-])cc1. The van der Waals surface area contributed by atoms with Gasteiger partial charge < -0.3 is 5.53 Å². The van der Waals surface area contributed by atoms with Crippen molar-refractivity contribution in [2.75, 3.05) is 0 Å². The highest BCUT2D eigenvalue weighted by molar-refractivity contribution is 5.75. The molecule has 0 N–H and O–H groups in total. The van der Waals surface area contributed by atoms with Crippen LogP contribution in [0.25, 0.3) is 16.9 Å². The van der Waals surface area contributed by atoms with Crippen LogP contribution >= 0.6 is 0 Å². The Labute approximate surface area is 182 Å². The molecule has 0 amide bonds. The molecular formula is C28H36N2. The summed E-state index contributed by atoms with van der Waals surface area (Å²) in [6.45, 7) is 4.48. The van der Waals surface area contributed by atoms with E-state index < -0.39 is 0 Å². The average Bonchev–Trinajstić information content (AvgIpc) is 3.16. The minimum Gasteiger partial charge on any atom is -0.493 e. The maximum Gasteiger partial charge on any atom is 0.207 e. The summed E-state index contributed by atoms with van der Waals surface area (Å²) >= 11 is 0. The van der Waals surface area contributed by atoms with Gasteiger partial charge in [0.25, 0.3) is 0 Å². The molecule has 2 aromatic carbocycles. The molecule has 2 heteroatoms. The zero-order chi connectivity index (χ0) is 21.2. The van der Waals surface area contributed by atoms with E-state index in [9.17, 15) is 5.53 Å².